The van der Waals surface area contributed by atoms with Gasteiger partial charge in [-0.3, -0.25) is 9.59 Å². The summed E-state index contributed by atoms with van der Waals surface area (Å²) in [7, 11) is 1.65. The number of ether oxygens (including phenoxy) is 2. The maximum absolute atomic E-state index is 12.4. The van der Waals surface area contributed by atoms with E-state index in [0.29, 0.717) is 32.5 Å². The Morgan fingerprint density at radius 1 is 1.20 bits per heavy atom. The molecule has 1 aromatic rings. The van der Waals surface area contributed by atoms with E-state index in [-0.39, 0.29) is 17.8 Å². The van der Waals surface area contributed by atoms with Gasteiger partial charge in [-0.05, 0) is 68.5 Å². The number of carbonyl (C=O) groups is 2. The standard InChI is InChI=1S/C20H27NO4/c1-5-25-20(23)16-8-10-21(11-9-16)19(22)7-6-18-14(2)12-17(24-4)13-15(18)3/h6-7,12-13,16H,5,8-11H2,1-4H3/b7-6+. The van der Waals surface area contributed by atoms with Gasteiger partial charge in [-0.15, -0.1) is 0 Å². The first-order valence-corrected chi connectivity index (χ1v) is 8.75. The molecule has 0 atom stereocenters. The fourth-order valence-corrected chi connectivity index (χ4v) is 3.17. The Morgan fingerprint density at radius 2 is 1.80 bits per heavy atom. The molecule has 0 aromatic heterocycles. The van der Waals surface area contributed by atoms with Crippen LogP contribution in [0.3, 0.4) is 0 Å². The van der Waals surface area contributed by atoms with Crippen LogP contribution in [0, 0.1) is 19.8 Å². The second kappa shape index (κ2) is 8.70. The van der Waals surface area contributed by atoms with Crippen molar-refractivity contribution in [1.82, 2.24) is 4.90 Å². The van der Waals surface area contributed by atoms with E-state index in [0.717, 1.165) is 22.4 Å². The normalized spacial score (nSPS) is 15.4. The van der Waals surface area contributed by atoms with E-state index in [1.54, 1.807) is 18.1 Å². The highest BCUT2D eigenvalue weighted by atomic mass is 16.5. The molecule has 1 fully saturated rings. The smallest absolute Gasteiger partial charge is 0.309 e. The number of likely N-dealkylation sites (tertiary alicyclic amines) is 1. The van der Waals surface area contributed by atoms with Crippen LogP contribution in [0.1, 0.15) is 36.5 Å². The van der Waals surface area contributed by atoms with Gasteiger partial charge in [0.15, 0.2) is 0 Å². The predicted molar refractivity (Wildman–Crippen MR) is 97.4 cm³/mol. The van der Waals surface area contributed by atoms with Crippen LogP contribution in [-0.2, 0) is 14.3 Å². The molecule has 1 aromatic carbocycles. The van der Waals surface area contributed by atoms with Crippen molar-refractivity contribution in [2.45, 2.75) is 33.6 Å². The van der Waals surface area contributed by atoms with E-state index in [4.69, 9.17) is 9.47 Å². The number of rotatable bonds is 5. The fraction of sp³-hybridized carbons (Fsp3) is 0.500. The number of hydrogen-bond donors (Lipinski definition) is 0. The van der Waals surface area contributed by atoms with Crippen molar-refractivity contribution < 1.29 is 19.1 Å². The average molecular weight is 345 g/mol. The van der Waals surface area contributed by atoms with E-state index >= 15 is 0 Å². The molecule has 136 valence electrons. The number of methoxy groups -OCH3 is 1. The second-order valence-corrected chi connectivity index (χ2v) is 6.36. The van der Waals surface area contributed by atoms with E-state index in [9.17, 15) is 9.59 Å². The Bertz CT molecular complexity index is 635. The number of benzene rings is 1. The van der Waals surface area contributed by atoms with Gasteiger partial charge in [0.1, 0.15) is 5.75 Å². The molecule has 0 saturated carbocycles. The first-order valence-electron chi connectivity index (χ1n) is 8.75. The van der Waals surface area contributed by atoms with Crippen LogP contribution >= 0.6 is 0 Å². The lowest BCUT2D eigenvalue weighted by Crippen LogP contribution is -2.39. The highest BCUT2D eigenvalue weighted by Gasteiger charge is 2.27. The Labute approximate surface area is 149 Å². The molecule has 0 aliphatic carbocycles. The van der Waals surface area contributed by atoms with Gasteiger partial charge in [0.25, 0.3) is 0 Å². The van der Waals surface area contributed by atoms with Crippen LogP contribution in [0.2, 0.25) is 0 Å². The summed E-state index contributed by atoms with van der Waals surface area (Å²) in [5.41, 5.74) is 3.18. The van der Waals surface area contributed by atoms with Crippen LogP contribution in [0.4, 0.5) is 0 Å². The van der Waals surface area contributed by atoms with E-state index in [2.05, 4.69) is 0 Å². The molecule has 1 heterocycles. The number of esters is 1. The van der Waals surface area contributed by atoms with Crippen molar-refractivity contribution in [3.63, 3.8) is 0 Å². The van der Waals surface area contributed by atoms with Gasteiger partial charge in [0.2, 0.25) is 5.91 Å². The lowest BCUT2D eigenvalue weighted by molar-refractivity contribution is -0.150. The van der Waals surface area contributed by atoms with Gasteiger partial charge in [-0.1, -0.05) is 0 Å². The van der Waals surface area contributed by atoms with Crippen molar-refractivity contribution in [2.75, 3.05) is 26.8 Å². The number of piperidine rings is 1. The molecule has 0 bridgehead atoms. The van der Waals surface area contributed by atoms with Gasteiger partial charge >= 0.3 is 5.97 Å². The van der Waals surface area contributed by atoms with Gasteiger partial charge in [0.05, 0.1) is 19.6 Å². The number of hydrogen-bond acceptors (Lipinski definition) is 4. The fourth-order valence-electron chi connectivity index (χ4n) is 3.17. The Hall–Kier alpha value is -2.30. The topological polar surface area (TPSA) is 55.8 Å². The number of amides is 1. The molecule has 2 rings (SSSR count). The van der Waals surface area contributed by atoms with Gasteiger partial charge < -0.3 is 14.4 Å². The molecule has 5 nitrogen and oxygen atoms in total. The lowest BCUT2D eigenvalue weighted by atomic mass is 9.97. The molecule has 0 spiro atoms. The summed E-state index contributed by atoms with van der Waals surface area (Å²) in [6.07, 6.45) is 4.81. The molecule has 0 unspecified atom stereocenters. The summed E-state index contributed by atoms with van der Waals surface area (Å²) in [4.78, 5) is 26.0. The summed E-state index contributed by atoms with van der Waals surface area (Å²) in [5.74, 6) is 0.574. The van der Waals surface area contributed by atoms with Crippen molar-refractivity contribution in [3.8, 4) is 5.75 Å². The molecule has 1 aliphatic rings. The molecule has 1 aliphatic heterocycles. The Kier molecular flexibility index (Phi) is 6.62. The summed E-state index contributed by atoms with van der Waals surface area (Å²) < 4.78 is 10.3. The minimum absolute atomic E-state index is 0.0167. The van der Waals surface area contributed by atoms with Crippen LogP contribution in [0.5, 0.6) is 5.75 Å². The van der Waals surface area contributed by atoms with E-state index in [1.807, 2.05) is 39.0 Å². The molecule has 0 N–H and O–H groups in total. The van der Waals surface area contributed by atoms with Crippen LogP contribution in [-0.4, -0.2) is 43.6 Å². The summed E-state index contributed by atoms with van der Waals surface area (Å²) in [5, 5.41) is 0. The second-order valence-electron chi connectivity index (χ2n) is 6.36. The van der Waals surface area contributed by atoms with Crippen molar-refractivity contribution in [2.24, 2.45) is 5.92 Å². The monoisotopic (exact) mass is 345 g/mol. The molecule has 0 radical (unpaired) electrons. The van der Waals surface area contributed by atoms with E-state index < -0.39 is 0 Å². The number of aryl methyl sites for hydroxylation is 2. The first-order chi connectivity index (χ1) is 12.0. The van der Waals surface area contributed by atoms with Crippen LogP contribution in [0.15, 0.2) is 18.2 Å². The zero-order valence-electron chi connectivity index (χ0n) is 15.5. The minimum Gasteiger partial charge on any atom is -0.497 e. The van der Waals surface area contributed by atoms with Gasteiger partial charge in [-0.2, -0.15) is 0 Å². The van der Waals surface area contributed by atoms with Crippen LogP contribution in [0.25, 0.3) is 6.08 Å². The highest BCUT2D eigenvalue weighted by molar-refractivity contribution is 5.92. The summed E-state index contributed by atoms with van der Waals surface area (Å²) in [6, 6.07) is 3.92. The maximum Gasteiger partial charge on any atom is 0.309 e. The van der Waals surface area contributed by atoms with Gasteiger partial charge in [-0.25, -0.2) is 0 Å². The largest absolute Gasteiger partial charge is 0.497 e. The quantitative estimate of drug-likeness (QED) is 0.608. The molecule has 5 heteroatoms. The lowest BCUT2D eigenvalue weighted by Gasteiger charge is -2.30. The van der Waals surface area contributed by atoms with E-state index in [1.165, 1.54) is 0 Å². The third-order valence-corrected chi connectivity index (χ3v) is 4.62. The third kappa shape index (κ3) is 4.84. The molecular weight excluding hydrogens is 318 g/mol. The predicted octanol–water partition coefficient (Wildman–Crippen LogP) is 3.13. The molecule has 1 amide bonds. The minimum atomic E-state index is -0.144. The van der Waals surface area contributed by atoms with Crippen molar-refractivity contribution in [1.29, 1.82) is 0 Å². The summed E-state index contributed by atoms with van der Waals surface area (Å²) in [6.45, 7) is 7.40. The number of nitrogens with zero attached hydrogens (tertiary/aromatic N) is 1. The zero-order chi connectivity index (χ0) is 18.4. The SMILES string of the molecule is CCOC(=O)C1CCN(C(=O)/C=C/c2c(C)cc(OC)cc2C)CC1. The van der Waals surface area contributed by atoms with Crippen molar-refractivity contribution in [3.05, 3.63) is 34.9 Å². The Morgan fingerprint density at radius 3 is 2.32 bits per heavy atom. The van der Waals surface area contributed by atoms with Crippen molar-refractivity contribution >= 4 is 18.0 Å². The first kappa shape index (κ1) is 19.0. The molecule has 25 heavy (non-hydrogen) atoms. The van der Waals surface area contributed by atoms with Crippen LogP contribution < -0.4 is 4.74 Å². The summed E-state index contributed by atoms with van der Waals surface area (Å²) >= 11 is 0. The molecular formula is C20H27NO4. The maximum atomic E-state index is 12.4. The average Bonchev–Trinajstić information content (AvgIpc) is 2.61. The third-order valence-electron chi connectivity index (χ3n) is 4.62. The molecule has 1 saturated heterocycles. The Balaban J connectivity index is 1.97. The number of carbonyl (C=O) groups excluding carboxylic acids is 2. The van der Waals surface area contributed by atoms with Gasteiger partial charge in [0, 0.05) is 19.2 Å². The highest BCUT2D eigenvalue weighted by Crippen LogP contribution is 2.23. The zero-order valence-corrected chi connectivity index (χ0v) is 15.5.